The van der Waals surface area contributed by atoms with Crippen molar-refractivity contribution < 1.29 is 14.3 Å². The van der Waals surface area contributed by atoms with E-state index in [-0.39, 0.29) is 12.2 Å². The largest absolute Gasteiger partial charge is 0.454 e. The van der Waals surface area contributed by atoms with Crippen molar-refractivity contribution in [1.29, 1.82) is 0 Å². The number of benzene rings is 2. The van der Waals surface area contributed by atoms with E-state index < -0.39 is 0 Å². The van der Waals surface area contributed by atoms with Crippen LogP contribution in [0.15, 0.2) is 60.7 Å². The molecule has 4 nitrogen and oxygen atoms in total. The Balaban J connectivity index is 1.29. The fourth-order valence-electron chi connectivity index (χ4n) is 4.20. The van der Waals surface area contributed by atoms with Crippen LogP contribution >= 0.6 is 0 Å². The molecule has 0 amide bonds. The van der Waals surface area contributed by atoms with Gasteiger partial charge in [-0.1, -0.05) is 42.5 Å². The first-order chi connectivity index (χ1) is 14.2. The molecular formula is C25H23NO3. The summed E-state index contributed by atoms with van der Waals surface area (Å²) in [4.78, 5) is 17.8. The van der Waals surface area contributed by atoms with Crippen LogP contribution in [-0.4, -0.2) is 17.6 Å². The molecule has 5 rings (SSSR count). The van der Waals surface area contributed by atoms with Gasteiger partial charge in [0.1, 0.15) is 5.78 Å². The van der Waals surface area contributed by atoms with Crippen molar-refractivity contribution in [2.24, 2.45) is 0 Å². The van der Waals surface area contributed by atoms with Crippen molar-refractivity contribution in [1.82, 2.24) is 4.98 Å². The van der Waals surface area contributed by atoms with Crippen molar-refractivity contribution >= 4 is 5.78 Å². The number of ketones is 1. The third-order valence-corrected chi connectivity index (χ3v) is 6.05. The average Bonchev–Trinajstić information content (AvgIpc) is 3.43. The van der Waals surface area contributed by atoms with Gasteiger partial charge in [-0.15, -0.1) is 0 Å². The molecule has 2 heterocycles. The highest BCUT2D eigenvalue weighted by molar-refractivity contribution is 5.93. The Morgan fingerprint density at radius 1 is 1.00 bits per heavy atom. The van der Waals surface area contributed by atoms with Crippen LogP contribution in [0, 0.1) is 6.92 Å². The number of hydrogen-bond acceptors (Lipinski definition) is 4. The van der Waals surface area contributed by atoms with E-state index in [2.05, 4.69) is 18.2 Å². The lowest BCUT2D eigenvalue weighted by Gasteiger charge is -2.15. The van der Waals surface area contributed by atoms with E-state index in [4.69, 9.17) is 14.5 Å². The molecule has 0 unspecified atom stereocenters. The van der Waals surface area contributed by atoms with Gasteiger partial charge in [0, 0.05) is 23.4 Å². The average molecular weight is 385 g/mol. The fraction of sp³-hybridized carbons (Fsp3) is 0.280. The Kier molecular flexibility index (Phi) is 4.35. The third kappa shape index (κ3) is 3.29. The molecule has 146 valence electrons. The number of carbonyl (C=O) groups is 1. The molecule has 0 atom stereocenters. The first-order valence-electron chi connectivity index (χ1n) is 10.1. The summed E-state index contributed by atoms with van der Waals surface area (Å²) in [7, 11) is 0. The number of nitrogens with zero attached hydrogens (tertiary/aromatic N) is 1. The number of carbonyl (C=O) groups excluding carboxylic acids is 1. The molecule has 29 heavy (non-hydrogen) atoms. The first-order valence-corrected chi connectivity index (χ1v) is 10.1. The van der Waals surface area contributed by atoms with Crippen LogP contribution in [0.5, 0.6) is 11.5 Å². The molecule has 0 radical (unpaired) electrons. The lowest BCUT2D eigenvalue weighted by Crippen LogP contribution is -2.21. The number of hydrogen-bond donors (Lipinski definition) is 0. The van der Waals surface area contributed by atoms with Gasteiger partial charge in [0.15, 0.2) is 11.5 Å². The highest BCUT2D eigenvalue weighted by Gasteiger charge is 2.50. The van der Waals surface area contributed by atoms with Gasteiger partial charge in [0.25, 0.3) is 0 Å². The Morgan fingerprint density at radius 3 is 2.55 bits per heavy atom. The van der Waals surface area contributed by atoms with Gasteiger partial charge in [-0.25, -0.2) is 0 Å². The Hall–Kier alpha value is -3.14. The molecule has 0 N–H and O–H groups in total. The minimum atomic E-state index is -0.347. The second-order valence-corrected chi connectivity index (χ2v) is 7.87. The van der Waals surface area contributed by atoms with Gasteiger partial charge in [-0.3, -0.25) is 9.78 Å². The van der Waals surface area contributed by atoms with Crippen LogP contribution in [-0.2, 0) is 16.6 Å². The molecule has 2 aromatic carbocycles. The van der Waals surface area contributed by atoms with Gasteiger partial charge in [-0.2, -0.15) is 0 Å². The standard InChI is InChI=1S/C25H23NO3/c1-17-21(18-5-3-2-4-6-18)10-8-20(26-17)9-12-24(27)25(13-14-25)19-7-11-22-23(15-19)29-16-28-22/h2-8,10-11,15H,9,12-14,16H2,1H3. The van der Waals surface area contributed by atoms with Crippen molar-refractivity contribution in [3.05, 3.63) is 77.6 Å². The zero-order valence-electron chi connectivity index (χ0n) is 16.5. The van der Waals surface area contributed by atoms with Crippen LogP contribution in [0.3, 0.4) is 0 Å². The quantitative estimate of drug-likeness (QED) is 0.598. The molecule has 0 spiro atoms. The molecule has 1 fully saturated rings. The highest BCUT2D eigenvalue weighted by Crippen LogP contribution is 2.51. The number of fused-ring (bicyclic) bond motifs is 1. The SMILES string of the molecule is Cc1nc(CCC(=O)C2(c3ccc4c(c3)OCO4)CC2)ccc1-c1ccccc1. The summed E-state index contributed by atoms with van der Waals surface area (Å²) in [6, 6.07) is 20.3. The number of Topliss-reactive ketones (excluding diaryl/α,β-unsaturated/α-hetero) is 1. The van der Waals surface area contributed by atoms with Crippen LogP contribution in [0.25, 0.3) is 11.1 Å². The highest BCUT2D eigenvalue weighted by atomic mass is 16.7. The topological polar surface area (TPSA) is 48.4 Å². The molecule has 3 aromatic rings. The maximum Gasteiger partial charge on any atom is 0.231 e. The smallest absolute Gasteiger partial charge is 0.231 e. The minimum Gasteiger partial charge on any atom is -0.454 e. The number of rotatable bonds is 6. The maximum atomic E-state index is 13.1. The predicted octanol–water partition coefficient (Wildman–Crippen LogP) is 5.02. The summed E-state index contributed by atoms with van der Waals surface area (Å²) in [5.41, 5.74) is 4.98. The third-order valence-electron chi connectivity index (χ3n) is 6.05. The number of aromatic nitrogens is 1. The van der Waals surface area contributed by atoms with Crippen molar-refractivity contribution in [2.45, 2.75) is 38.0 Å². The van der Waals surface area contributed by atoms with E-state index >= 15 is 0 Å². The monoisotopic (exact) mass is 385 g/mol. The molecule has 4 heteroatoms. The summed E-state index contributed by atoms with van der Waals surface area (Å²) in [6.07, 6.45) is 2.99. The lowest BCUT2D eigenvalue weighted by molar-refractivity contribution is -0.121. The van der Waals surface area contributed by atoms with E-state index in [1.165, 1.54) is 5.56 Å². The second-order valence-electron chi connectivity index (χ2n) is 7.87. The summed E-state index contributed by atoms with van der Waals surface area (Å²) in [6.45, 7) is 2.28. The van der Waals surface area contributed by atoms with E-state index in [0.717, 1.165) is 46.9 Å². The van der Waals surface area contributed by atoms with Crippen molar-refractivity contribution in [2.75, 3.05) is 6.79 Å². The normalized spacial score (nSPS) is 15.9. The second kappa shape index (κ2) is 7.03. The summed E-state index contributed by atoms with van der Waals surface area (Å²) in [5, 5.41) is 0. The molecular weight excluding hydrogens is 362 g/mol. The number of aryl methyl sites for hydroxylation is 2. The molecule has 1 aliphatic heterocycles. The molecule has 1 saturated carbocycles. The van der Waals surface area contributed by atoms with E-state index in [9.17, 15) is 4.79 Å². The van der Waals surface area contributed by atoms with Crippen LogP contribution in [0.1, 0.15) is 36.2 Å². The van der Waals surface area contributed by atoms with Gasteiger partial charge in [0.05, 0.1) is 5.41 Å². The molecule has 1 aliphatic carbocycles. The Labute approximate surface area is 170 Å². The summed E-state index contributed by atoms with van der Waals surface area (Å²) < 4.78 is 10.9. The molecule has 1 aromatic heterocycles. The van der Waals surface area contributed by atoms with Gasteiger partial charge in [0.2, 0.25) is 6.79 Å². The fourth-order valence-corrected chi connectivity index (χ4v) is 4.20. The lowest BCUT2D eigenvalue weighted by atomic mass is 9.88. The summed E-state index contributed by atoms with van der Waals surface area (Å²) >= 11 is 0. The summed E-state index contributed by atoms with van der Waals surface area (Å²) in [5.74, 6) is 1.80. The van der Waals surface area contributed by atoms with E-state index in [1.54, 1.807) is 0 Å². The van der Waals surface area contributed by atoms with Gasteiger partial charge < -0.3 is 9.47 Å². The number of pyridine rings is 1. The Bertz CT molecular complexity index is 1070. The zero-order valence-corrected chi connectivity index (χ0v) is 16.5. The Morgan fingerprint density at radius 2 is 1.79 bits per heavy atom. The molecule has 2 aliphatic rings. The predicted molar refractivity (Wildman–Crippen MR) is 111 cm³/mol. The van der Waals surface area contributed by atoms with Crippen molar-refractivity contribution in [3.63, 3.8) is 0 Å². The van der Waals surface area contributed by atoms with Crippen molar-refractivity contribution in [3.8, 4) is 22.6 Å². The van der Waals surface area contributed by atoms with Crippen LogP contribution < -0.4 is 9.47 Å². The van der Waals surface area contributed by atoms with Gasteiger partial charge in [-0.05, 0) is 55.5 Å². The number of ether oxygens (including phenoxy) is 2. The van der Waals surface area contributed by atoms with Crippen LogP contribution in [0.4, 0.5) is 0 Å². The zero-order chi connectivity index (χ0) is 19.8. The van der Waals surface area contributed by atoms with E-state index in [1.807, 2.05) is 49.4 Å². The molecule has 0 bridgehead atoms. The minimum absolute atomic E-state index is 0.254. The molecule has 0 saturated heterocycles. The first kappa shape index (κ1) is 17.9. The van der Waals surface area contributed by atoms with Gasteiger partial charge >= 0.3 is 0 Å². The van der Waals surface area contributed by atoms with E-state index in [0.29, 0.717) is 18.6 Å². The van der Waals surface area contributed by atoms with Crippen LogP contribution in [0.2, 0.25) is 0 Å². The maximum absolute atomic E-state index is 13.1.